The van der Waals surface area contributed by atoms with Gasteiger partial charge in [-0.1, -0.05) is 30.3 Å². The van der Waals surface area contributed by atoms with Crippen LogP contribution >= 0.6 is 24.8 Å². The van der Waals surface area contributed by atoms with Crippen molar-refractivity contribution in [2.24, 2.45) is 5.73 Å². The van der Waals surface area contributed by atoms with Crippen molar-refractivity contribution in [1.82, 2.24) is 9.97 Å². The van der Waals surface area contributed by atoms with Gasteiger partial charge < -0.3 is 10.5 Å². The molecule has 4 nitrogen and oxygen atoms in total. The molecule has 19 heavy (non-hydrogen) atoms. The average molecular weight is 302 g/mol. The molecule has 0 fully saturated rings. The van der Waals surface area contributed by atoms with Crippen LogP contribution in [0, 0.1) is 6.92 Å². The van der Waals surface area contributed by atoms with E-state index in [0.29, 0.717) is 24.9 Å². The molecule has 2 N–H and O–H groups in total. The van der Waals surface area contributed by atoms with E-state index in [4.69, 9.17) is 10.5 Å². The Morgan fingerprint density at radius 3 is 2.42 bits per heavy atom. The number of aryl methyl sites for hydroxylation is 1. The van der Waals surface area contributed by atoms with Crippen molar-refractivity contribution in [3.63, 3.8) is 0 Å². The summed E-state index contributed by atoms with van der Waals surface area (Å²) in [4.78, 5) is 8.74. The Bertz CT molecular complexity index is 495. The maximum atomic E-state index is 5.42. The lowest BCUT2D eigenvalue weighted by atomic mass is 10.2. The number of nitrogens with two attached hydrogens (primary N) is 1. The van der Waals surface area contributed by atoms with Crippen molar-refractivity contribution in [2.45, 2.75) is 6.92 Å². The highest BCUT2D eigenvalue weighted by molar-refractivity contribution is 5.85. The number of nitrogens with zero attached hydrogens (tertiary/aromatic N) is 2. The quantitative estimate of drug-likeness (QED) is 0.943. The lowest BCUT2D eigenvalue weighted by Crippen LogP contribution is -2.11. The molecule has 6 heteroatoms. The highest BCUT2D eigenvalue weighted by Crippen LogP contribution is 2.18. The maximum Gasteiger partial charge on any atom is 0.217 e. The summed E-state index contributed by atoms with van der Waals surface area (Å²) in [5.41, 5.74) is 7.26. The zero-order chi connectivity index (χ0) is 12.1. The molecule has 0 saturated carbocycles. The van der Waals surface area contributed by atoms with Gasteiger partial charge in [0, 0.05) is 23.9 Å². The molecule has 0 aliphatic rings. The summed E-state index contributed by atoms with van der Waals surface area (Å²) in [6.45, 7) is 2.86. The minimum Gasteiger partial charge on any atom is -0.476 e. The number of benzene rings is 1. The van der Waals surface area contributed by atoms with E-state index in [-0.39, 0.29) is 24.8 Å². The number of halogens is 2. The van der Waals surface area contributed by atoms with E-state index >= 15 is 0 Å². The molecule has 2 aromatic rings. The Morgan fingerprint density at radius 1 is 1.11 bits per heavy atom. The van der Waals surface area contributed by atoms with Crippen molar-refractivity contribution >= 4 is 24.8 Å². The summed E-state index contributed by atoms with van der Waals surface area (Å²) >= 11 is 0. The van der Waals surface area contributed by atoms with Crippen LogP contribution in [0.4, 0.5) is 0 Å². The predicted molar refractivity (Wildman–Crippen MR) is 81.3 cm³/mol. The molecular weight excluding hydrogens is 285 g/mol. The fourth-order valence-corrected chi connectivity index (χ4v) is 1.49. The molecule has 104 valence electrons. The van der Waals surface area contributed by atoms with Crippen molar-refractivity contribution in [1.29, 1.82) is 0 Å². The Kier molecular flexibility index (Phi) is 8.07. The van der Waals surface area contributed by atoms with Crippen LogP contribution in [0.2, 0.25) is 0 Å². The van der Waals surface area contributed by atoms with Crippen LogP contribution < -0.4 is 10.5 Å². The van der Waals surface area contributed by atoms with E-state index in [2.05, 4.69) is 9.97 Å². The van der Waals surface area contributed by atoms with Gasteiger partial charge in [-0.05, 0) is 6.92 Å². The van der Waals surface area contributed by atoms with Crippen LogP contribution in [0.25, 0.3) is 11.4 Å². The monoisotopic (exact) mass is 301 g/mol. The first-order valence-electron chi connectivity index (χ1n) is 5.53. The van der Waals surface area contributed by atoms with E-state index in [9.17, 15) is 0 Å². The molecule has 1 heterocycles. The molecule has 1 aromatic carbocycles. The molecule has 0 unspecified atom stereocenters. The SMILES string of the molecule is Cc1cc(OCCN)nc(-c2ccccc2)n1.Cl.Cl. The van der Waals surface area contributed by atoms with Gasteiger partial charge in [0.1, 0.15) is 6.61 Å². The standard InChI is InChI=1S/C13H15N3O.2ClH/c1-10-9-12(17-8-7-14)16-13(15-10)11-5-3-2-4-6-11;;/h2-6,9H,7-8,14H2,1H3;2*1H. The molecule has 2 rings (SSSR count). The van der Waals surface area contributed by atoms with Gasteiger partial charge in [-0.2, -0.15) is 4.98 Å². The molecule has 0 aliphatic carbocycles. The second-order valence-electron chi connectivity index (χ2n) is 3.67. The topological polar surface area (TPSA) is 61.0 Å². The summed E-state index contributed by atoms with van der Waals surface area (Å²) in [5, 5.41) is 0. The zero-order valence-electron chi connectivity index (χ0n) is 10.6. The van der Waals surface area contributed by atoms with Crippen LogP contribution in [-0.2, 0) is 0 Å². The minimum absolute atomic E-state index is 0. The maximum absolute atomic E-state index is 5.42. The average Bonchev–Trinajstić information content (AvgIpc) is 2.37. The van der Waals surface area contributed by atoms with Crippen molar-refractivity contribution in [3.8, 4) is 17.3 Å². The van der Waals surface area contributed by atoms with Crippen LogP contribution in [0.1, 0.15) is 5.69 Å². The normalized spacial score (nSPS) is 9.16. The van der Waals surface area contributed by atoms with Gasteiger partial charge in [0.05, 0.1) is 0 Å². The molecule has 0 amide bonds. The van der Waals surface area contributed by atoms with Gasteiger partial charge in [-0.15, -0.1) is 24.8 Å². The van der Waals surface area contributed by atoms with Gasteiger partial charge in [0.15, 0.2) is 5.82 Å². The summed E-state index contributed by atoms with van der Waals surface area (Å²) in [6.07, 6.45) is 0. The van der Waals surface area contributed by atoms with Gasteiger partial charge in [0.2, 0.25) is 5.88 Å². The Balaban J connectivity index is 0.00000162. The highest BCUT2D eigenvalue weighted by Gasteiger charge is 2.04. The minimum atomic E-state index is 0. The van der Waals surface area contributed by atoms with Crippen LogP contribution in [0.5, 0.6) is 5.88 Å². The van der Waals surface area contributed by atoms with Crippen molar-refractivity contribution in [3.05, 3.63) is 42.1 Å². The largest absolute Gasteiger partial charge is 0.476 e. The fraction of sp³-hybridized carbons (Fsp3) is 0.231. The van der Waals surface area contributed by atoms with E-state index in [1.54, 1.807) is 0 Å². The van der Waals surface area contributed by atoms with E-state index in [1.165, 1.54) is 0 Å². The van der Waals surface area contributed by atoms with Gasteiger partial charge in [0.25, 0.3) is 0 Å². The van der Waals surface area contributed by atoms with Crippen LogP contribution in [0.15, 0.2) is 36.4 Å². The number of hydrogen-bond donors (Lipinski definition) is 1. The second kappa shape index (κ2) is 8.69. The summed E-state index contributed by atoms with van der Waals surface area (Å²) in [5.74, 6) is 1.25. The molecule has 1 aromatic heterocycles. The van der Waals surface area contributed by atoms with Crippen LogP contribution in [0.3, 0.4) is 0 Å². The predicted octanol–water partition coefficient (Wildman–Crippen LogP) is 2.63. The Hall–Kier alpha value is -1.36. The first kappa shape index (κ1) is 17.6. The van der Waals surface area contributed by atoms with Crippen molar-refractivity contribution < 1.29 is 4.74 Å². The Labute approximate surface area is 125 Å². The summed E-state index contributed by atoms with van der Waals surface area (Å²) < 4.78 is 5.42. The van der Waals surface area contributed by atoms with E-state index in [0.717, 1.165) is 11.3 Å². The third kappa shape index (κ3) is 5.03. The van der Waals surface area contributed by atoms with Crippen LogP contribution in [-0.4, -0.2) is 23.1 Å². The fourth-order valence-electron chi connectivity index (χ4n) is 1.49. The van der Waals surface area contributed by atoms with E-state index in [1.807, 2.05) is 43.3 Å². The molecular formula is C13H17Cl2N3O. The smallest absolute Gasteiger partial charge is 0.217 e. The first-order chi connectivity index (χ1) is 8.29. The third-order valence-electron chi connectivity index (χ3n) is 2.23. The lowest BCUT2D eigenvalue weighted by molar-refractivity contribution is 0.315. The first-order valence-corrected chi connectivity index (χ1v) is 5.53. The molecule has 0 aliphatic heterocycles. The van der Waals surface area contributed by atoms with Gasteiger partial charge >= 0.3 is 0 Å². The molecule has 0 radical (unpaired) electrons. The lowest BCUT2D eigenvalue weighted by Gasteiger charge is -2.07. The third-order valence-corrected chi connectivity index (χ3v) is 2.23. The van der Waals surface area contributed by atoms with E-state index < -0.39 is 0 Å². The number of ether oxygens (including phenoxy) is 1. The summed E-state index contributed by atoms with van der Waals surface area (Å²) in [7, 11) is 0. The second-order valence-corrected chi connectivity index (χ2v) is 3.67. The molecule has 0 saturated heterocycles. The summed E-state index contributed by atoms with van der Waals surface area (Å²) in [6, 6.07) is 11.6. The number of hydrogen-bond acceptors (Lipinski definition) is 4. The molecule has 0 bridgehead atoms. The molecule has 0 spiro atoms. The Morgan fingerprint density at radius 2 is 1.79 bits per heavy atom. The highest BCUT2D eigenvalue weighted by atomic mass is 35.5. The van der Waals surface area contributed by atoms with Gasteiger partial charge in [-0.3, -0.25) is 0 Å². The van der Waals surface area contributed by atoms with Crippen molar-refractivity contribution in [2.75, 3.05) is 13.2 Å². The molecule has 0 atom stereocenters. The number of aromatic nitrogens is 2. The van der Waals surface area contributed by atoms with Gasteiger partial charge in [-0.25, -0.2) is 4.98 Å². The zero-order valence-corrected chi connectivity index (χ0v) is 12.2. The number of rotatable bonds is 4.